The molecule has 9 heteroatoms. The Balaban J connectivity index is 1.71. The minimum Gasteiger partial charge on any atom is -0.493 e. The third-order valence-electron chi connectivity index (χ3n) is 7.86. The van der Waals surface area contributed by atoms with Gasteiger partial charge in [-0.1, -0.05) is 18.2 Å². The maximum atomic E-state index is 6.12. The first-order valence-corrected chi connectivity index (χ1v) is 15.4. The molecule has 0 bridgehead atoms. The van der Waals surface area contributed by atoms with Gasteiger partial charge in [0.25, 0.3) is 0 Å². The van der Waals surface area contributed by atoms with Gasteiger partial charge in [0.1, 0.15) is 0 Å². The molecule has 7 nitrogen and oxygen atoms in total. The van der Waals surface area contributed by atoms with Crippen molar-refractivity contribution in [2.45, 2.75) is 32.6 Å². The fourth-order valence-electron chi connectivity index (χ4n) is 5.82. The summed E-state index contributed by atoms with van der Waals surface area (Å²) in [5.74, 6) is 4.06. The number of rotatable bonds is 14. The first-order chi connectivity index (χ1) is 20.5. The number of halogens is 2. The fraction of sp³-hybridized carbons (Fsp3) is 0.455. The molecule has 228 valence electrons. The molecule has 1 heterocycles. The topological polar surface area (TPSA) is 46.6 Å². The van der Waals surface area contributed by atoms with Gasteiger partial charge >= 0.3 is 0 Å². The van der Waals surface area contributed by atoms with E-state index in [4.69, 9.17) is 42.1 Å². The molecule has 0 unspecified atom stereocenters. The summed E-state index contributed by atoms with van der Waals surface area (Å²) in [6, 6.07) is 19.1. The Kier molecular flexibility index (Phi) is 11.9. The molecule has 3 aromatic carbocycles. The van der Waals surface area contributed by atoms with Gasteiger partial charge in [0.15, 0.2) is 23.0 Å². The van der Waals surface area contributed by atoms with Crippen LogP contribution in [0.4, 0.5) is 5.69 Å². The summed E-state index contributed by atoms with van der Waals surface area (Å²) in [7, 11) is 6.69. The van der Waals surface area contributed by atoms with Gasteiger partial charge in [-0.3, -0.25) is 9.80 Å². The van der Waals surface area contributed by atoms with Gasteiger partial charge < -0.3 is 23.8 Å². The third kappa shape index (κ3) is 7.56. The zero-order valence-electron chi connectivity index (χ0n) is 25.4. The van der Waals surface area contributed by atoms with Gasteiger partial charge in [0, 0.05) is 56.7 Å². The molecular formula is C33H43Cl2N3O4. The molecule has 1 aliphatic rings. The highest BCUT2D eigenvalue weighted by atomic mass is 35.5. The van der Waals surface area contributed by atoms with Crippen molar-refractivity contribution in [1.82, 2.24) is 9.80 Å². The fourth-order valence-corrected chi connectivity index (χ4v) is 6.23. The first kappa shape index (κ1) is 32.1. The van der Waals surface area contributed by atoms with Crippen LogP contribution in [-0.4, -0.2) is 76.2 Å². The Morgan fingerprint density at radius 2 is 1.19 bits per heavy atom. The molecule has 0 N–H and O–H groups in total. The van der Waals surface area contributed by atoms with Crippen LogP contribution in [-0.2, 0) is 13.1 Å². The standard InChI is InChI=1S/C33H43Cl2N3O4/c1-24-19-27(36(17-13-34)18-14-35)9-10-28(24)33-37(22-25-7-11-29(39-2)31(20-25)41-4)15-6-16-38(33)23-26-8-12-30(40-3)32(21-26)42-5/h7-12,19-21,33H,6,13-18,22-23H2,1-5H3. The highest BCUT2D eigenvalue weighted by molar-refractivity contribution is 6.18. The van der Waals surface area contributed by atoms with Crippen LogP contribution in [0, 0.1) is 6.92 Å². The molecule has 1 saturated heterocycles. The molecule has 0 saturated carbocycles. The summed E-state index contributed by atoms with van der Waals surface area (Å²) < 4.78 is 22.2. The SMILES string of the molecule is COc1ccc(CN2CCCN(Cc3ccc(OC)c(OC)c3)C2c2ccc(N(CCCl)CCCl)cc2C)cc1OC. The molecule has 0 spiro atoms. The number of ether oxygens (including phenoxy) is 4. The van der Waals surface area contributed by atoms with Crippen molar-refractivity contribution < 1.29 is 18.9 Å². The van der Waals surface area contributed by atoms with Crippen molar-refractivity contribution in [2.75, 3.05) is 71.3 Å². The number of anilines is 1. The predicted octanol–water partition coefficient (Wildman–Crippen LogP) is 6.72. The van der Waals surface area contributed by atoms with Gasteiger partial charge in [0.05, 0.1) is 34.6 Å². The normalized spacial score (nSPS) is 14.5. The molecule has 0 aromatic heterocycles. The summed E-state index contributed by atoms with van der Waals surface area (Å²) in [6.45, 7) is 7.23. The average molecular weight is 617 g/mol. The summed E-state index contributed by atoms with van der Waals surface area (Å²) >= 11 is 12.2. The minimum atomic E-state index is 0.0727. The lowest BCUT2D eigenvalue weighted by Gasteiger charge is -2.45. The maximum Gasteiger partial charge on any atom is 0.161 e. The smallest absolute Gasteiger partial charge is 0.161 e. The Morgan fingerprint density at radius 3 is 1.62 bits per heavy atom. The maximum absolute atomic E-state index is 6.12. The molecular weight excluding hydrogens is 573 g/mol. The second-order valence-electron chi connectivity index (χ2n) is 10.5. The van der Waals surface area contributed by atoms with E-state index < -0.39 is 0 Å². The first-order valence-electron chi connectivity index (χ1n) is 14.3. The lowest BCUT2D eigenvalue weighted by atomic mass is 9.99. The number of nitrogens with zero attached hydrogens (tertiary/aromatic N) is 3. The van der Waals surface area contributed by atoms with Crippen molar-refractivity contribution in [3.63, 3.8) is 0 Å². The van der Waals surface area contributed by atoms with Crippen LogP contribution in [0.3, 0.4) is 0 Å². The van der Waals surface area contributed by atoms with Crippen molar-refractivity contribution in [2.24, 2.45) is 0 Å². The summed E-state index contributed by atoms with van der Waals surface area (Å²) in [6.07, 6.45) is 1.14. The van der Waals surface area contributed by atoms with E-state index in [9.17, 15) is 0 Å². The lowest BCUT2D eigenvalue weighted by molar-refractivity contribution is -0.00951. The largest absolute Gasteiger partial charge is 0.493 e. The van der Waals surface area contributed by atoms with Crippen LogP contribution >= 0.6 is 23.2 Å². The average Bonchev–Trinajstić information content (AvgIpc) is 3.01. The Bertz CT molecular complexity index is 1240. The number of benzene rings is 3. The van der Waals surface area contributed by atoms with E-state index in [0.717, 1.165) is 74.4 Å². The van der Waals surface area contributed by atoms with Crippen molar-refractivity contribution in [3.05, 3.63) is 76.9 Å². The highest BCUT2D eigenvalue weighted by Crippen LogP contribution is 2.37. The molecule has 0 aliphatic carbocycles. The van der Waals surface area contributed by atoms with Crippen LogP contribution in [0.5, 0.6) is 23.0 Å². The summed E-state index contributed by atoms with van der Waals surface area (Å²) in [5.41, 5.74) is 6.02. The van der Waals surface area contributed by atoms with Gasteiger partial charge in [-0.2, -0.15) is 0 Å². The summed E-state index contributed by atoms with van der Waals surface area (Å²) in [4.78, 5) is 7.37. The number of alkyl halides is 2. The van der Waals surface area contributed by atoms with E-state index in [1.165, 1.54) is 22.3 Å². The van der Waals surface area contributed by atoms with Crippen LogP contribution < -0.4 is 23.8 Å². The Morgan fingerprint density at radius 1 is 0.690 bits per heavy atom. The predicted molar refractivity (Wildman–Crippen MR) is 172 cm³/mol. The molecule has 0 amide bonds. The molecule has 4 rings (SSSR count). The Labute approximate surface area is 260 Å². The van der Waals surface area contributed by atoms with Crippen molar-refractivity contribution in [3.8, 4) is 23.0 Å². The lowest BCUT2D eigenvalue weighted by Crippen LogP contribution is -2.47. The highest BCUT2D eigenvalue weighted by Gasteiger charge is 2.32. The van der Waals surface area contributed by atoms with E-state index in [0.29, 0.717) is 11.8 Å². The molecule has 3 aromatic rings. The monoisotopic (exact) mass is 615 g/mol. The van der Waals surface area contributed by atoms with E-state index in [2.05, 4.69) is 64.1 Å². The van der Waals surface area contributed by atoms with Gasteiger partial charge in [-0.15, -0.1) is 23.2 Å². The number of aryl methyl sites for hydroxylation is 1. The third-order valence-corrected chi connectivity index (χ3v) is 8.19. The second-order valence-corrected chi connectivity index (χ2v) is 11.2. The number of methoxy groups -OCH3 is 4. The van der Waals surface area contributed by atoms with Crippen LogP contribution in [0.1, 0.15) is 34.8 Å². The van der Waals surface area contributed by atoms with E-state index >= 15 is 0 Å². The van der Waals surface area contributed by atoms with Gasteiger partial charge in [-0.25, -0.2) is 0 Å². The zero-order chi connectivity index (χ0) is 30.1. The van der Waals surface area contributed by atoms with Crippen molar-refractivity contribution in [1.29, 1.82) is 0 Å². The summed E-state index contributed by atoms with van der Waals surface area (Å²) in [5, 5.41) is 0. The van der Waals surface area contributed by atoms with E-state index in [1.54, 1.807) is 28.4 Å². The van der Waals surface area contributed by atoms with Gasteiger partial charge in [-0.05, 0) is 72.0 Å². The Hall–Kier alpha value is -2.84. The van der Waals surface area contributed by atoms with E-state index in [-0.39, 0.29) is 6.17 Å². The number of hydrogen-bond acceptors (Lipinski definition) is 7. The molecule has 1 fully saturated rings. The zero-order valence-corrected chi connectivity index (χ0v) is 26.9. The quantitative estimate of drug-likeness (QED) is 0.187. The van der Waals surface area contributed by atoms with Crippen molar-refractivity contribution >= 4 is 28.9 Å². The van der Waals surface area contributed by atoms with Crippen LogP contribution in [0.15, 0.2) is 54.6 Å². The molecule has 0 atom stereocenters. The second kappa shape index (κ2) is 15.6. The minimum absolute atomic E-state index is 0.0727. The van der Waals surface area contributed by atoms with Crippen LogP contribution in [0.2, 0.25) is 0 Å². The van der Waals surface area contributed by atoms with Gasteiger partial charge in [0.2, 0.25) is 0 Å². The molecule has 0 radical (unpaired) electrons. The molecule has 1 aliphatic heterocycles. The van der Waals surface area contributed by atoms with Crippen LogP contribution in [0.25, 0.3) is 0 Å². The number of hydrogen-bond donors (Lipinski definition) is 0. The van der Waals surface area contributed by atoms with E-state index in [1.807, 2.05) is 12.1 Å². The molecule has 42 heavy (non-hydrogen) atoms.